The van der Waals surface area contributed by atoms with E-state index in [1.165, 1.54) is 38.4 Å². The van der Waals surface area contributed by atoms with E-state index < -0.39 is 0 Å². The highest BCUT2D eigenvalue weighted by Crippen LogP contribution is 2.49. The summed E-state index contributed by atoms with van der Waals surface area (Å²) < 4.78 is 7.08. The van der Waals surface area contributed by atoms with Gasteiger partial charge < -0.3 is 14.2 Å². The van der Waals surface area contributed by atoms with Crippen LogP contribution in [0.5, 0.6) is 0 Å². The topological polar surface area (TPSA) is 19.6 Å². The minimum absolute atomic E-state index is 0.818. The van der Waals surface area contributed by atoms with E-state index >= 15 is 0 Å². The monoisotopic (exact) mass is 830 g/mol. The number of rotatable bonds is 9. The number of furan rings is 1. The first-order valence-electron chi connectivity index (χ1n) is 22.2. The maximum absolute atomic E-state index is 7.08. The molecule has 1 aromatic heterocycles. The molecule has 65 heavy (non-hydrogen) atoms. The number of benzene rings is 11. The van der Waals surface area contributed by atoms with Crippen molar-refractivity contribution in [3.63, 3.8) is 0 Å². The summed E-state index contributed by atoms with van der Waals surface area (Å²) in [6.45, 7) is 0. The molecule has 11 aromatic carbocycles. The molecule has 12 rings (SSSR count). The van der Waals surface area contributed by atoms with Crippen molar-refractivity contribution in [2.45, 2.75) is 0 Å². The molecule has 306 valence electrons. The Labute approximate surface area is 378 Å². The summed E-state index contributed by atoms with van der Waals surface area (Å²) in [6, 6.07) is 91.4. The van der Waals surface area contributed by atoms with Crippen LogP contribution in [0.15, 0.2) is 259 Å². The molecule has 3 heteroatoms. The van der Waals surface area contributed by atoms with Crippen LogP contribution < -0.4 is 9.80 Å². The fourth-order valence-electron chi connectivity index (χ4n) is 9.51. The minimum atomic E-state index is 0.818. The predicted molar refractivity (Wildman–Crippen MR) is 274 cm³/mol. The van der Waals surface area contributed by atoms with Crippen molar-refractivity contribution in [2.75, 3.05) is 9.80 Å². The van der Waals surface area contributed by atoms with Crippen molar-refractivity contribution in [2.24, 2.45) is 0 Å². The Bertz CT molecular complexity index is 3630. The van der Waals surface area contributed by atoms with Gasteiger partial charge in [0.1, 0.15) is 5.58 Å². The highest BCUT2D eigenvalue weighted by atomic mass is 16.3. The average Bonchev–Trinajstić information content (AvgIpc) is 3.74. The molecule has 0 saturated carbocycles. The highest BCUT2D eigenvalue weighted by Gasteiger charge is 2.25. The molecule has 3 nitrogen and oxygen atoms in total. The first-order valence-corrected chi connectivity index (χ1v) is 22.2. The quantitative estimate of drug-likeness (QED) is 0.144. The van der Waals surface area contributed by atoms with E-state index in [1.54, 1.807) is 0 Å². The second-order valence-electron chi connectivity index (χ2n) is 16.5. The van der Waals surface area contributed by atoms with E-state index in [9.17, 15) is 0 Å². The van der Waals surface area contributed by atoms with Gasteiger partial charge in [-0.2, -0.15) is 0 Å². The van der Waals surface area contributed by atoms with Gasteiger partial charge in [-0.25, -0.2) is 0 Å². The fraction of sp³-hybridized carbons (Fsp3) is 0. The molecule has 0 radical (unpaired) electrons. The Morgan fingerprint density at radius 1 is 0.262 bits per heavy atom. The third-order valence-corrected chi connectivity index (χ3v) is 12.6. The molecule has 0 unspecified atom stereocenters. The SMILES string of the molecule is c1ccc(-c2ccc(N(c3ccccc3)c3cc(N(c4ccccc4)c4ccc(-c5ccccc5)c(-c5cccc6ccccc56)c4)cc4c3oc3cc5ccccc5cc34)cc2)cc1. The van der Waals surface area contributed by atoms with E-state index in [0.29, 0.717) is 0 Å². The maximum Gasteiger partial charge on any atom is 0.159 e. The average molecular weight is 831 g/mol. The Kier molecular flexibility index (Phi) is 9.50. The zero-order valence-electron chi connectivity index (χ0n) is 35.6. The minimum Gasteiger partial charge on any atom is -0.454 e. The van der Waals surface area contributed by atoms with Crippen LogP contribution >= 0.6 is 0 Å². The largest absolute Gasteiger partial charge is 0.454 e. The number of fused-ring (bicyclic) bond motifs is 5. The summed E-state index contributed by atoms with van der Waals surface area (Å²) in [7, 11) is 0. The Balaban J connectivity index is 1.14. The zero-order chi connectivity index (χ0) is 43.1. The van der Waals surface area contributed by atoms with Crippen molar-refractivity contribution < 1.29 is 4.42 Å². The smallest absolute Gasteiger partial charge is 0.159 e. The van der Waals surface area contributed by atoms with Crippen molar-refractivity contribution >= 4 is 77.6 Å². The lowest BCUT2D eigenvalue weighted by Gasteiger charge is -2.30. The summed E-state index contributed by atoms with van der Waals surface area (Å²) in [5.41, 5.74) is 14.8. The zero-order valence-corrected chi connectivity index (χ0v) is 35.6. The molecule has 1 heterocycles. The molecule has 0 atom stereocenters. The van der Waals surface area contributed by atoms with E-state index in [-0.39, 0.29) is 0 Å². The fourth-order valence-corrected chi connectivity index (χ4v) is 9.51. The molecule has 0 amide bonds. The highest BCUT2D eigenvalue weighted by molar-refractivity contribution is 6.15. The van der Waals surface area contributed by atoms with Crippen LogP contribution in [0.1, 0.15) is 0 Å². The summed E-state index contributed by atoms with van der Waals surface area (Å²) >= 11 is 0. The van der Waals surface area contributed by atoms with Gasteiger partial charge >= 0.3 is 0 Å². The van der Waals surface area contributed by atoms with Gasteiger partial charge in [0.15, 0.2) is 5.58 Å². The molecule has 0 aliphatic heterocycles. The van der Waals surface area contributed by atoms with Crippen LogP contribution in [0.25, 0.3) is 76.9 Å². The Hall–Kier alpha value is -8.66. The van der Waals surface area contributed by atoms with Crippen molar-refractivity contribution in [3.05, 3.63) is 255 Å². The van der Waals surface area contributed by atoms with Crippen LogP contribution in [-0.4, -0.2) is 0 Å². The van der Waals surface area contributed by atoms with Crippen LogP contribution in [0.3, 0.4) is 0 Å². The van der Waals surface area contributed by atoms with Crippen LogP contribution in [0.4, 0.5) is 34.1 Å². The first-order chi connectivity index (χ1) is 32.2. The summed E-state index contributed by atoms with van der Waals surface area (Å²) in [4.78, 5) is 4.74. The van der Waals surface area contributed by atoms with Crippen molar-refractivity contribution in [3.8, 4) is 33.4 Å². The number of para-hydroxylation sites is 2. The molecular formula is C62H42N2O. The van der Waals surface area contributed by atoms with Crippen molar-refractivity contribution in [1.82, 2.24) is 0 Å². The maximum atomic E-state index is 7.08. The standard InChI is InChI=1S/C62H42N2O/c1-5-18-43(19-6-1)44-32-34-51(35-33-44)64(50-28-11-4-12-29-50)60-42-53(41-59-58-38-47-23-13-14-24-48(47)39-61(58)65-62(59)60)63(49-26-9-3-10-27-49)52-36-37-55(45-20-7-2-8-21-45)57(40-52)56-31-17-25-46-22-15-16-30-54(46)56/h1-42H. The predicted octanol–water partition coefficient (Wildman–Crippen LogP) is 17.8. The third kappa shape index (κ3) is 6.97. The van der Waals surface area contributed by atoms with Gasteiger partial charge in [0.25, 0.3) is 0 Å². The van der Waals surface area contributed by atoms with Gasteiger partial charge in [0.2, 0.25) is 0 Å². The molecule has 0 aliphatic carbocycles. The van der Waals surface area contributed by atoms with Crippen LogP contribution in [0.2, 0.25) is 0 Å². The lowest BCUT2D eigenvalue weighted by atomic mass is 9.90. The van der Waals surface area contributed by atoms with E-state index in [1.807, 2.05) is 0 Å². The third-order valence-electron chi connectivity index (χ3n) is 12.6. The molecule has 0 fully saturated rings. The Morgan fingerprint density at radius 3 is 1.51 bits per heavy atom. The van der Waals surface area contributed by atoms with Crippen LogP contribution in [-0.2, 0) is 0 Å². The number of hydrogen-bond acceptors (Lipinski definition) is 3. The summed E-state index contributed by atoms with van der Waals surface area (Å²) in [6.07, 6.45) is 0. The number of nitrogens with zero attached hydrogens (tertiary/aromatic N) is 2. The number of anilines is 6. The van der Waals surface area contributed by atoms with Gasteiger partial charge in [-0.05, 0) is 128 Å². The van der Waals surface area contributed by atoms with Gasteiger partial charge in [-0.15, -0.1) is 0 Å². The molecule has 0 spiro atoms. The lowest BCUT2D eigenvalue weighted by molar-refractivity contribution is 0.669. The second kappa shape index (κ2) is 16.2. The van der Waals surface area contributed by atoms with Gasteiger partial charge in [-0.1, -0.05) is 182 Å². The van der Waals surface area contributed by atoms with Gasteiger partial charge in [0.05, 0.1) is 5.69 Å². The number of hydrogen-bond donors (Lipinski definition) is 0. The second-order valence-corrected chi connectivity index (χ2v) is 16.5. The van der Waals surface area contributed by atoms with Crippen molar-refractivity contribution in [1.29, 1.82) is 0 Å². The lowest BCUT2D eigenvalue weighted by Crippen LogP contribution is -2.13. The van der Waals surface area contributed by atoms with Gasteiger partial charge in [0, 0.05) is 39.2 Å². The van der Waals surface area contributed by atoms with E-state index in [2.05, 4.69) is 265 Å². The van der Waals surface area contributed by atoms with E-state index in [4.69, 9.17) is 4.42 Å². The summed E-state index contributed by atoms with van der Waals surface area (Å²) in [5.74, 6) is 0. The molecule has 12 aromatic rings. The first kappa shape index (κ1) is 38.0. The van der Waals surface area contributed by atoms with Gasteiger partial charge in [-0.3, -0.25) is 0 Å². The molecule has 0 bridgehead atoms. The summed E-state index contributed by atoms with van der Waals surface area (Å²) in [5, 5.41) is 6.84. The Morgan fingerprint density at radius 2 is 0.800 bits per heavy atom. The molecule has 0 N–H and O–H groups in total. The normalized spacial score (nSPS) is 11.4. The molecule has 0 saturated heterocycles. The van der Waals surface area contributed by atoms with E-state index in [0.717, 1.165) is 72.6 Å². The molecule has 0 aliphatic rings. The molecular weight excluding hydrogens is 789 g/mol. The van der Waals surface area contributed by atoms with Crippen LogP contribution in [0, 0.1) is 0 Å².